The Morgan fingerprint density at radius 1 is 0.647 bits per heavy atom. The van der Waals surface area contributed by atoms with Crippen molar-refractivity contribution in [2.24, 2.45) is 0 Å². The van der Waals surface area contributed by atoms with Crippen molar-refractivity contribution in [2.45, 2.75) is 13.8 Å². The summed E-state index contributed by atoms with van der Waals surface area (Å²) in [6, 6.07) is 10.2. The third-order valence-corrected chi connectivity index (χ3v) is 2.09. The van der Waals surface area contributed by atoms with E-state index in [1.807, 2.05) is 6.92 Å². The number of hydrogen-bond donors (Lipinski definition) is 0. The Labute approximate surface area is 98.7 Å². The molecule has 0 saturated heterocycles. The maximum Gasteiger partial charge on any atom is 0.159 e. The van der Waals surface area contributed by atoms with Crippen LogP contribution in [0.2, 0.25) is 0 Å². The maximum atomic E-state index is 12.2. The fraction of sp³-hybridized carbons (Fsp3) is 0.143. The Hall–Kier alpha value is -1.77. The maximum absolute atomic E-state index is 12.2. The molecule has 0 aliphatic rings. The lowest BCUT2D eigenvalue weighted by Crippen LogP contribution is -1.82. The molecule has 0 aliphatic carbocycles. The first-order valence-corrected chi connectivity index (χ1v) is 5.13. The molecule has 0 aliphatic heterocycles. The Balaban J connectivity index is 0.000000171. The van der Waals surface area contributed by atoms with E-state index in [0.29, 0.717) is 0 Å². The first-order chi connectivity index (χ1) is 7.99. The minimum absolute atomic E-state index is 0.171. The number of aryl methyl sites for hydroxylation is 2. The van der Waals surface area contributed by atoms with E-state index in [0.717, 1.165) is 23.3 Å². The van der Waals surface area contributed by atoms with Crippen LogP contribution in [0.1, 0.15) is 11.1 Å². The van der Waals surface area contributed by atoms with Crippen LogP contribution in [0.25, 0.3) is 0 Å². The zero-order valence-corrected chi connectivity index (χ0v) is 9.68. The van der Waals surface area contributed by atoms with Crippen molar-refractivity contribution in [3.63, 3.8) is 0 Å². The van der Waals surface area contributed by atoms with Gasteiger partial charge in [0, 0.05) is 0 Å². The summed E-state index contributed by atoms with van der Waals surface area (Å²) in [6.07, 6.45) is 0. The molecule has 3 heteroatoms. The molecule has 0 spiro atoms. The van der Waals surface area contributed by atoms with Gasteiger partial charge in [0.1, 0.15) is 5.82 Å². The number of benzene rings is 2. The van der Waals surface area contributed by atoms with E-state index in [1.165, 1.54) is 18.2 Å². The smallest absolute Gasteiger partial charge is 0.159 e. The monoisotopic (exact) mass is 238 g/mol. The van der Waals surface area contributed by atoms with Crippen LogP contribution in [-0.2, 0) is 0 Å². The van der Waals surface area contributed by atoms with E-state index in [9.17, 15) is 13.2 Å². The number of rotatable bonds is 0. The van der Waals surface area contributed by atoms with Crippen molar-refractivity contribution < 1.29 is 13.2 Å². The van der Waals surface area contributed by atoms with E-state index in [4.69, 9.17) is 0 Å². The summed E-state index contributed by atoms with van der Waals surface area (Å²) in [4.78, 5) is 0. The largest absolute Gasteiger partial charge is 0.207 e. The van der Waals surface area contributed by atoms with Crippen LogP contribution in [0, 0.1) is 31.3 Å². The molecule has 17 heavy (non-hydrogen) atoms. The normalized spacial score (nSPS) is 9.47. The minimum atomic E-state index is -0.791. The van der Waals surface area contributed by atoms with Gasteiger partial charge in [-0.15, -0.1) is 0 Å². The average molecular weight is 238 g/mol. The van der Waals surface area contributed by atoms with Crippen LogP contribution in [0.15, 0.2) is 42.5 Å². The molecule has 0 atom stereocenters. The summed E-state index contributed by atoms with van der Waals surface area (Å²) in [5.74, 6) is -1.74. The highest BCUT2D eigenvalue weighted by molar-refractivity contribution is 5.15. The molecule has 0 fully saturated rings. The Morgan fingerprint density at radius 2 is 1.18 bits per heavy atom. The lowest BCUT2D eigenvalue weighted by atomic mass is 10.2. The van der Waals surface area contributed by atoms with Crippen molar-refractivity contribution in [2.75, 3.05) is 0 Å². The molecule has 0 radical (unpaired) electrons. The molecule has 0 bridgehead atoms. The number of halogens is 3. The second kappa shape index (κ2) is 6.09. The third-order valence-electron chi connectivity index (χ3n) is 2.09. The Bertz CT molecular complexity index is 454. The van der Waals surface area contributed by atoms with Crippen LogP contribution in [0.5, 0.6) is 0 Å². The quantitative estimate of drug-likeness (QED) is 0.637. The van der Waals surface area contributed by atoms with Crippen LogP contribution in [0.4, 0.5) is 13.2 Å². The molecular formula is C14H13F3. The van der Waals surface area contributed by atoms with Gasteiger partial charge in [0.25, 0.3) is 0 Å². The summed E-state index contributed by atoms with van der Waals surface area (Å²) < 4.78 is 36.4. The standard InChI is InChI=1S/C7H6F2.C7H7F/c1-5-2-3-6(8)7(9)4-5;1-6-2-4-7(8)5-3-6/h2-4H,1H3;2-5H,1H3. The minimum Gasteiger partial charge on any atom is -0.207 e. The predicted molar refractivity (Wildman–Crippen MR) is 62.2 cm³/mol. The molecule has 0 amide bonds. The highest BCUT2D eigenvalue weighted by atomic mass is 19.2. The van der Waals surface area contributed by atoms with Gasteiger partial charge in [-0.1, -0.05) is 23.8 Å². The van der Waals surface area contributed by atoms with Gasteiger partial charge in [0.05, 0.1) is 0 Å². The zero-order chi connectivity index (χ0) is 12.8. The first kappa shape index (κ1) is 13.3. The Morgan fingerprint density at radius 3 is 1.59 bits per heavy atom. The molecule has 2 aromatic rings. The fourth-order valence-corrected chi connectivity index (χ4v) is 1.13. The molecular weight excluding hydrogens is 225 g/mol. The van der Waals surface area contributed by atoms with E-state index in [1.54, 1.807) is 19.1 Å². The molecule has 90 valence electrons. The summed E-state index contributed by atoms with van der Waals surface area (Å²) in [5, 5.41) is 0. The molecule has 2 aromatic carbocycles. The summed E-state index contributed by atoms with van der Waals surface area (Å²) in [6.45, 7) is 3.64. The number of hydrogen-bond acceptors (Lipinski definition) is 0. The van der Waals surface area contributed by atoms with Crippen LogP contribution in [-0.4, -0.2) is 0 Å². The van der Waals surface area contributed by atoms with Gasteiger partial charge < -0.3 is 0 Å². The van der Waals surface area contributed by atoms with E-state index >= 15 is 0 Å². The van der Waals surface area contributed by atoms with Gasteiger partial charge in [-0.3, -0.25) is 0 Å². The topological polar surface area (TPSA) is 0 Å². The lowest BCUT2D eigenvalue weighted by molar-refractivity contribution is 0.508. The van der Waals surface area contributed by atoms with Gasteiger partial charge in [0.15, 0.2) is 11.6 Å². The van der Waals surface area contributed by atoms with Gasteiger partial charge in [-0.05, 0) is 43.7 Å². The van der Waals surface area contributed by atoms with Gasteiger partial charge in [0.2, 0.25) is 0 Å². The van der Waals surface area contributed by atoms with Gasteiger partial charge in [-0.2, -0.15) is 0 Å². The summed E-state index contributed by atoms with van der Waals surface area (Å²) in [5.41, 5.74) is 1.82. The summed E-state index contributed by atoms with van der Waals surface area (Å²) in [7, 11) is 0. The molecule has 0 unspecified atom stereocenters. The van der Waals surface area contributed by atoms with Crippen LogP contribution >= 0.6 is 0 Å². The van der Waals surface area contributed by atoms with Crippen molar-refractivity contribution in [1.29, 1.82) is 0 Å². The van der Waals surface area contributed by atoms with E-state index in [2.05, 4.69) is 0 Å². The zero-order valence-electron chi connectivity index (χ0n) is 9.68. The molecule has 0 saturated carbocycles. The second-order valence-corrected chi connectivity index (χ2v) is 3.71. The van der Waals surface area contributed by atoms with Crippen molar-refractivity contribution >= 4 is 0 Å². The highest BCUT2D eigenvalue weighted by Gasteiger charge is 1.97. The lowest BCUT2D eigenvalue weighted by Gasteiger charge is -1.91. The van der Waals surface area contributed by atoms with Crippen LogP contribution < -0.4 is 0 Å². The molecule has 0 N–H and O–H groups in total. The third kappa shape index (κ3) is 4.72. The molecule has 2 rings (SSSR count). The summed E-state index contributed by atoms with van der Waals surface area (Å²) >= 11 is 0. The van der Waals surface area contributed by atoms with Crippen molar-refractivity contribution in [1.82, 2.24) is 0 Å². The predicted octanol–water partition coefficient (Wildman–Crippen LogP) is 4.41. The van der Waals surface area contributed by atoms with Gasteiger partial charge >= 0.3 is 0 Å². The second-order valence-electron chi connectivity index (χ2n) is 3.71. The first-order valence-electron chi connectivity index (χ1n) is 5.13. The van der Waals surface area contributed by atoms with Crippen molar-refractivity contribution in [3.05, 3.63) is 71.0 Å². The van der Waals surface area contributed by atoms with Crippen LogP contribution in [0.3, 0.4) is 0 Å². The average Bonchev–Trinajstić information content (AvgIpc) is 2.29. The SMILES string of the molecule is Cc1ccc(F)c(F)c1.Cc1ccc(F)cc1. The molecule has 0 nitrogen and oxygen atoms in total. The van der Waals surface area contributed by atoms with E-state index < -0.39 is 11.6 Å². The highest BCUT2D eigenvalue weighted by Crippen LogP contribution is 2.06. The van der Waals surface area contributed by atoms with Crippen molar-refractivity contribution in [3.8, 4) is 0 Å². The van der Waals surface area contributed by atoms with Gasteiger partial charge in [-0.25, -0.2) is 13.2 Å². The molecule has 0 heterocycles. The Kier molecular flexibility index (Phi) is 4.76. The van der Waals surface area contributed by atoms with E-state index in [-0.39, 0.29) is 5.82 Å². The molecule has 0 aromatic heterocycles. The fourth-order valence-electron chi connectivity index (χ4n) is 1.13.